The number of carbonyl (C=O) groups excluding carboxylic acids is 3. The average Bonchev–Trinajstić information content (AvgIpc) is 3.16. The number of amides is 3. The van der Waals surface area contributed by atoms with Gasteiger partial charge in [-0.05, 0) is 35.2 Å². The van der Waals surface area contributed by atoms with E-state index in [1.54, 1.807) is 24.3 Å². The molecule has 2 aromatic rings. The smallest absolute Gasteiger partial charge is 0.414 e. The molecule has 1 aliphatic heterocycles. The first-order valence-corrected chi connectivity index (χ1v) is 10.8. The molecule has 0 bridgehead atoms. The molecule has 0 unspecified atom stereocenters. The summed E-state index contributed by atoms with van der Waals surface area (Å²) in [6.07, 6.45) is -1.08. The number of nitrogens with two attached hydrogens (primary N) is 1. The lowest BCUT2D eigenvalue weighted by Crippen LogP contribution is -2.43. The summed E-state index contributed by atoms with van der Waals surface area (Å²) in [6.45, 7) is 5.91. The van der Waals surface area contributed by atoms with Gasteiger partial charge in [0.25, 0.3) is 0 Å². The van der Waals surface area contributed by atoms with Gasteiger partial charge in [0, 0.05) is 19.0 Å². The number of nitrogens with zero attached hydrogens (tertiary/aromatic N) is 1. The molecule has 2 atom stereocenters. The van der Waals surface area contributed by atoms with Crippen LogP contribution in [0.25, 0.3) is 11.1 Å². The van der Waals surface area contributed by atoms with Gasteiger partial charge in [-0.15, -0.1) is 0 Å². The number of halogens is 1. The van der Waals surface area contributed by atoms with Crippen molar-refractivity contribution in [2.24, 2.45) is 11.7 Å². The lowest BCUT2D eigenvalue weighted by atomic mass is 10.0. The fraction of sp³-hybridized carbons (Fsp3) is 0.375. The van der Waals surface area contributed by atoms with Crippen LogP contribution in [0.5, 0.6) is 0 Å². The summed E-state index contributed by atoms with van der Waals surface area (Å²) >= 11 is 0. The minimum absolute atomic E-state index is 0.0452. The van der Waals surface area contributed by atoms with Crippen LogP contribution in [0.3, 0.4) is 0 Å². The highest BCUT2D eigenvalue weighted by Crippen LogP contribution is 2.29. The Morgan fingerprint density at radius 2 is 1.88 bits per heavy atom. The van der Waals surface area contributed by atoms with Crippen molar-refractivity contribution in [1.82, 2.24) is 10.6 Å². The normalized spacial score (nSPS) is 16.5. The molecule has 1 aliphatic rings. The van der Waals surface area contributed by atoms with Crippen LogP contribution in [0.2, 0.25) is 0 Å². The van der Waals surface area contributed by atoms with E-state index in [2.05, 4.69) is 10.6 Å². The van der Waals surface area contributed by atoms with E-state index in [9.17, 15) is 18.8 Å². The Kier molecular flexibility index (Phi) is 7.65. The summed E-state index contributed by atoms with van der Waals surface area (Å²) in [5.74, 6) is -0.860. The van der Waals surface area contributed by atoms with Gasteiger partial charge in [0.1, 0.15) is 11.9 Å². The molecular formula is C24H29FN4O4. The van der Waals surface area contributed by atoms with Crippen LogP contribution in [-0.2, 0) is 20.9 Å². The zero-order chi connectivity index (χ0) is 24.1. The number of hydrogen-bond acceptors (Lipinski definition) is 5. The first kappa shape index (κ1) is 24.2. The van der Waals surface area contributed by atoms with E-state index in [0.717, 1.165) is 5.56 Å². The maximum absolute atomic E-state index is 14.9. The summed E-state index contributed by atoms with van der Waals surface area (Å²) in [5.41, 5.74) is 8.14. The van der Waals surface area contributed by atoms with Gasteiger partial charge in [-0.1, -0.05) is 38.1 Å². The van der Waals surface area contributed by atoms with E-state index in [1.807, 2.05) is 26.0 Å². The van der Waals surface area contributed by atoms with Gasteiger partial charge in [0.15, 0.2) is 0 Å². The number of rotatable bonds is 8. The summed E-state index contributed by atoms with van der Waals surface area (Å²) in [5, 5.41) is 5.41. The standard InChI is InChI=1S/C24H29FN4O4/c1-14(2)22(26)23(31)28-11-16-4-6-17(7-5-16)20-9-8-18(10-21(20)25)29-13-19(33-24(29)32)12-27-15(3)30/h4-10,14,19,22H,11-13,26H2,1-3H3,(H,27,30)(H,28,31)/t19-,22-/m0/s1. The van der Waals surface area contributed by atoms with E-state index >= 15 is 0 Å². The average molecular weight is 457 g/mol. The van der Waals surface area contributed by atoms with Gasteiger partial charge < -0.3 is 21.1 Å². The largest absolute Gasteiger partial charge is 0.442 e. The molecule has 8 nitrogen and oxygen atoms in total. The Bertz CT molecular complexity index is 1030. The van der Waals surface area contributed by atoms with Crippen molar-refractivity contribution in [3.63, 3.8) is 0 Å². The third kappa shape index (κ3) is 6.07. The molecule has 1 heterocycles. The van der Waals surface area contributed by atoms with Gasteiger partial charge in [-0.3, -0.25) is 14.5 Å². The number of anilines is 1. The number of benzene rings is 2. The SMILES string of the molecule is CC(=O)NC[C@H]1CN(c2ccc(-c3ccc(CNC(=O)[C@@H](N)C(C)C)cc3)c(F)c2)C(=O)O1. The van der Waals surface area contributed by atoms with Gasteiger partial charge in [0.2, 0.25) is 11.8 Å². The van der Waals surface area contributed by atoms with E-state index in [4.69, 9.17) is 10.5 Å². The van der Waals surface area contributed by atoms with Crippen molar-refractivity contribution >= 4 is 23.6 Å². The molecule has 9 heteroatoms. The fourth-order valence-corrected chi connectivity index (χ4v) is 3.41. The van der Waals surface area contributed by atoms with Crippen LogP contribution in [0, 0.1) is 11.7 Å². The maximum atomic E-state index is 14.9. The van der Waals surface area contributed by atoms with Crippen molar-refractivity contribution in [2.45, 2.75) is 39.5 Å². The van der Waals surface area contributed by atoms with E-state index in [1.165, 1.54) is 17.9 Å². The van der Waals surface area contributed by atoms with E-state index in [0.29, 0.717) is 23.4 Å². The Morgan fingerprint density at radius 1 is 1.18 bits per heavy atom. The Hall–Kier alpha value is -3.46. The Labute approximate surface area is 192 Å². The number of carbonyl (C=O) groups is 3. The number of nitrogens with one attached hydrogen (secondary N) is 2. The second kappa shape index (κ2) is 10.4. The molecule has 2 aromatic carbocycles. The summed E-state index contributed by atoms with van der Waals surface area (Å²) in [7, 11) is 0. The van der Waals surface area contributed by atoms with Crippen LogP contribution < -0.4 is 21.3 Å². The monoisotopic (exact) mass is 456 g/mol. The zero-order valence-electron chi connectivity index (χ0n) is 18.9. The van der Waals surface area contributed by atoms with Gasteiger partial charge in [-0.2, -0.15) is 0 Å². The highest BCUT2D eigenvalue weighted by atomic mass is 19.1. The molecule has 4 N–H and O–H groups in total. The highest BCUT2D eigenvalue weighted by molar-refractivity contribution is 5.90. The molecule has 0 radical (unpaired) electrons. The van der Waals surface area contributed by atoms with Crippen molar-refractivity contribution in [1.29, 1.82) is 0 Å². The molecule has 176 valence electrons. The molecular weight excluding hydrogens is 427 g/mol. The van der Waals surface area contributed by atoms with Crippen LogP contribution in [0.1, 0.15) is 26.3 Å². The Balaban J connectivity index is 1.65. The van der Waals surface area contributed by atoms with Gasteiger partial charge in [0.05, 0.1) is 24.8 Å². The first-order chi connectivity index (χ1) is 15.7. The minimum atomic E-state index is -0.582. The second-order valence-electron chi connectivity index (χ2n) is 8.40. The van der Waals surface area contributed by atoms with Crippen molar-refractivity contribution in [3.05, 3.63) is 53.8 Å². The van der Waals surface area contributed by atoms with Crippen LogP contribution >= 0.6 is 0 Å². The minimum Gasteiger partial charge on any atom is -0.442 e. The molecule has 1 fully saturated rings. The fourth-order valence-electron chi connectivity index (χ4n) is 3.41. The highest BCUT2D eigenvalue weighted by Gasteiger charge is 2.32. The molecule has 33 heavy (non-hydrogen) atoms. The Morgan fingerprint density at radius 3 is 2.48 bits per heavy atom. The van der Waals surface area contributed by atoms with Gasteiger partial charge in [-0.25, -0.2) is 9.18 Å². The lowest BCUT2D eigenvalue weighted by Gasteiger charge is -2.16. The molecule has 0 aliphatic carbocycles. The first-order valence-electron chi connectivity index (χ1n) is 10.8. The lowest BCUT2D eigenvalue weighted by molar-refractivity contribution is -0.123. The number of cyclic esters (lactones) is 1. The van der Waals surface area contributed by atoms with E-state index in [-0.39, 0.29) is 30.8 Å². The van der Waals surface area contributed by atoms with E-state index < -0.39 is 24.1 Å². The third-order valence-corrected chi connectivity index (χ3v) is 5.47. The van der Waals surface area contributed by atoms with Crippen LogP contribution in [-0.4, -0.2) is 43.1 Å². The summed E-state index contributed by atoms with van der Waals surface area (Å²) < 4.78 is 20.1. The molecule has 0 saturated carbocycles. The number of hydrogen-bond donors (Lipinski definition) is 3. The molecule has 1 saturated heterocycles. The predicted octanol–water partition coefficient (Wildman–Crippen LogP) is 2.55. The molecule has 0 spiro atoms. The van der Waals surface area contributed by atoms with Crippen LogP contribution in [0.15, 0.2) is 42.5 Å². The molecule has 3 rings (SSSR count). The second-order valence-corrected chi connectivity index (χ2v) is 8.40. The van der Waals surface area contributed by atoms with Crippen molar-refractivity contribution < 1.29 is 23.5 Å². The third-order valence-electron chi connectivity index (χ3n) is 5.47. The number of ether oxygens (including phenoxy) is 1. The quantitative estimate of drug-likeness (QED) is 0.565. The topological polar surface area (TPSA) is 114 Å². The molecule has 3 amide bonds. The molecule has 0 aromatic heterocycles. The van der Waals surface area contributed by atoms with Crippen molar-refractivity contribution in [2.75, 3.05) is 18.0 Å². The predicted molar refractivity (Wildman–Crippen MR) is 123 cm³/mol. The van der Waals surface area contributed by atoms with Gasteiger partial charge >= 0.3 is 6.09 Å². The van der Waals surface area contributed by atoms with Crippen molar-refractivity contribution in [3.8, 4) is 11.1 Å². The van der Waals surface area contributed by atoms with Crippen LogP contribution in [0.4, 0.5) is 14.9 Å². The summed E-state index contributed by atoms with van der Waals surface area (Å²) in [4.78, 5) is 36.5. The summed E-state index contributed by atoms with van der Waals surface area (Å²) in [6, 6.07) is 11.2. The zero-order valence-corrected chi connectivity index (χ0v) is 18.9. The maximum Gasteiger partial charge on any atom is 0.414 e.